The van der Waals surface area contributed by atoms with Crippen molar-refractivity contribution in [3.8, 4) is 22.6 Å². The van der Waals surface area contributed by atoms with Gasteiger partial charge in [-0.05, 0) is 28.8 Å². The Morgan fingerprint density at radius 1 is 0.846 bits per heavy atom. The maximum atomic E-state index is 9.73. The molecule has 128 valence electrons. The van der Waals surface area contributed by atoms with Gasteiger partial charge in [-0.3, -0.25) is 0 Å². The molecule has 0 spiro atoms. The fraction of sp³-hybridized carbons (Fsp3) is 0.143. The van der Waals surface area contributed by atoms with E-state index in [1.807, 2.05) is 12.1 Å². The van der Waals surface area contributed by atoms with Crippen molar-refractivity contribution >= 4 is 24.3 Å². The Morgan fingerprint density at radius 2 is 1.62 bits per heavy atom. The van der Waals surface area contributed by atoms with E-state index < -0.39 is 7.12 Å². The van der Waals surface area contributed by atoms with Gasteiger partial charge in [0.15, 0.2) is 0 Å². The Morgan fingerprint density at radius 3 is 2.42 bits per heavy atom. The van der Waals surface area contributed by atoms with E-state index in [1.54, 1.807) is 17.8 Å². The molecule has 1 aliphatic carbocycles. The van der Waals surface area contributed by atoms with E-state index in [1.165, 1.54) is 16.7 Å². The standard InChI is InChI=1S/C21H17BO3S/c1-21(2)13-7-4-3-6-12(13)18-14(21)10-11-17-20(18)25-19-15(22(23)24)8-5-9-16(19)26-17/h3-11,23-24H,1-2H3. The summed E-state index contributed by atoms with van der Waals surface area (Å²) in [5.41, 5.74) is 5.13. The smallest absolute Gasteiger partial charge is 0.455 e. The van der Waals surface area contributed by atoms with Gasteiger partial charge in [0.05, 0.1) is 9.79 Å². The molecule has 0 atom stereocenters. The van der Waals surface area contributed by atoms with Crippen LogP contribution < -0.4 is 10.2 Å². The molecular weight excluding hydrogens is 343 g/mol. The number of benzene rings is 3. The van der Waals surface area contributed by atoms with Gasteiger partial charge >= 0.3 is 7.12 Å². The van der Waals surface area contributed by atoms with Crippen LogP contribution in [-0.4, -0.2) is 17.2 Å². The lowest BCUT2D eigenvalue weighted by Gasteiger charge is -2.26. The van der Waals surface area contributed by atoms with Gasteiger partial charge in [0.2, 0.25) is 0 Å². The maximum Gasteiger partial charge on any atom is 0.492 e. The van der Waals surface area contributed by atoms with Crippen molar-refractivity contribution in [2.45, 2.75) is 29.1 Å². The second kappa shape index (κ2) is 5.40. The number of rotatable bonds is 1. The fourth-order valence-electron chi connectivity index (χ4n) is 4.07. The van der Waals surface area contributed by atoms with E-state index in [4.69, 9.17) is 4.74 Å². The fourth-order valence-corrected chi connectivity index (χ4v) is 5.08. The van der Waals surface area contributed by atoms with Crippen LogP contribution in [0.5, 0.6) is 11.5 Å². The number of hydrogen-bond acceptors (Lipinski definition) is 4. The van der Waals surface area contributed by atoms with Crippen LogP contribution in [0.1, 0.15) is 25.0 Å². The highest BCUT2D eigenvalue weighted by Gasteiger charge is 2.39. The molecular formula is C21H17BO3S. The minimum atomic E-state index is -1.56. The predicted molar refractivity (Wildman–Crippen MR) is 104 cm³/mol. The second-order valence-corrected chi connectivity index (χ2v) is 8.32. The lowest BCUT2D eigenvalue weighted by atomic mass is 9.79. The summed E-state index contributed by atoms with van der Waals surface area (Å²) in [7, 11) is -1.56. The van der Waals surface area contributed by atoms with E-state index in [-0.39, 0.29) is 5.41 Å². The lowest BCUT2D eigenvalue weighted by molar-refractivity contribution is 0.417. The molecule has 1 aliphatic heterocycles. The van der Waals surface area contributed by atoms with Gasteiger partial charge in [0.1, 0.15) is 11.5 Å². The SMILES string of the molecule is CC1(C)c2ccccc2-c2c1ccc1c2Oc2c(cccc2B(O)O)S1. The second-order valence-electron chi connectivity index (χ2n) is 7.24. The molecule has 3 nitrogen and oxygen atoms in total. The van der Waals surface area contributed by atoms with Gasteiger partial charge < -0.3 is 14.8 Å². The van der Waals surface area contributed by atoms with E-state index in [2.05, 4.69) is 50.2 Å². The Balaban J connectivity index is 1.76. The maximum absolute atomic E-state index is 9.73. The Labute approximate surface area is 156 Å². The van der Waals surface area contributed by atoms with Crippen LogP contribution in [0.4, 0.5) is 0 Å². The normalized spacial score (nSPS) is 15.4. The average Bonchev–Trinajstić information content (AvgIpc) is 2.87. The van der Waals surface area contributed by atoms with Crippen LogP contribution in [0.25, 0.3) is 11.1 Å². The van der Waals surface area contributed by atoms with Gasteiger partial charge in [-0.25, -0.2) is 0 Å². The van der Waals surface area contributed by atoms with E-state index in [9.17, 15) is 10.0 Å². The summed E-state index contributed by atoms with van der Waals surface area (Å²) in [4.78, 5) is 1.95. The number of para-hydroxylation sites is 1. The molecule has 0 bridgehead atoms. The number of hydrogen-bond donors (Lipinski definition) is 2. The van der Waals surface area contributed by atoms with Crippen molar-refractivity contribution in [1.82, 2.24) is 0 Å². The summed E-state index contributed by atoms with van der Waals surface area (Å²) in [5.74, 6) is 1.35. The summed E-state index contributed by atoms with van der Waals surface area (Å²) in [6, 6.07) is 18.2. The molecule has 2 aliphatic rings. The van der Waals surface area contributed by atoms with E-state index >= 15 is 0 Å². The van der Waals surface area contributed by atoms with Gasteiger partial charge in [0.25, 0.3) is 0 Å². The highest BCUT2D eigenvalue weighted by molar-refractivity contribution is 7.99. The summed E-state index contributed by atoms with van der Waals surface area (Å²) < 4.78 is 6.32. The molecule has 5 rings (SSSR count). The monoisotopic (exact) mass is 360 g/mol. The van der Waals surface area contributed by atoms with Gasteiger partial charge in [0, 0.05) is 16.4 Å². The summed E-state index contributed by atoms with van der Waals surface area (Å²) in [5, 5.41) is 19.5. The first-order valence-electron chi connectivity index (χ1n) is 8.60. The van der Waals surface area contributed by atoms with Crippen molar-refractivity contribution in [2.24, 2.45) is 0 Å². The van der Waals surface area contributed by atoms with Crippen molar-refractivity contribution in [1.29, 1.82) is 0 Å². The molecule has 0 saturated heterocycles. The van der Waals surface area contributed by atoms with Crippen molar-refractivity contribution in [2.75, 3.05) is 0 Å². The zero-order valence-corrected chi connectivity index (χ0v) is 15.3. The van der Waals surface area contributed by atoms with Crippen LogP contribution in [0.15, 0.2) is 64.4 Å². The van der Waals surface area contributed by atoms with E-state index in [0.29, 0.717) is 11.2 Å². The molecule has 3 aromatic rings. The highest BCUT2D eigenvalue weighted by atomic mass is 32.2. The van der Waals surface area contributed by atoms with Crippen LogP contribution in [0, 0.1) is 0 Å². The molecule has 0 unspecified atom stereocenters. The Kier molecular flexibility index (Phi) is 3.32. The third-order valence-electron chi connectivity index (χ3n) is 5.38. The molecule has 26 heavy (non-hydrogen) atoms. The first-order valence-corrected chi connectivity index (χ1v) is 9.42. The Bertz CT molecular complexity index is 1060. The summed E-state index contributed by atoms with van der Waals surface area (Å²) in [6.45, 7) is 4.47. The number of fused-ring (bicyclic) bond motifs is 6. The highest BCUT2D eigenvalue weighted by Crippen LogP contribution is 2.58. The minimum Gasteiger partial charge on any atom is -0.455 e. The van der Waals surface area contributed by atoms with Crippen LogP contribution in [0.2, 0.25) is 0 Å². The van der Waals surface area contributed by atoms with Gasteiger partial charge in [-0.1, -0.05) is 68.1 Å². The topological polar surface area (TPSA) is 49.7 Å². The molecule has 2 N–H and O–H groups in total. The Hall–Kier alpha value is -2.21. The molecule has 1 heterocycles. The van der Waals surface area contributed by atoms with Crippen molar-refractivity contribution < 1.29 is 14.8 Å². The third kappa shape index (κ3) is 2.05. The minimum absolute atomic E-state index is 0.0920. The molecule has 0 saturated carbocycles. The molecule has 0 radical (unpaired) electrons. The van der Waals surface area contributed by atoms with Crippen LogP contribution >= 0.6 is 11.8 Å². The molecule has 0 fully saturated rings. The molecule has 5 heteroatoms. The summed E-state index contributed by atoms with van der Waals surface area (Å²) >= 11 is 1.61. The van der Waals surface area contributed by atoms with Crippen LogP contribution in [0.3, 0.4) is 0 Å². The van der Waals surface area contributed by atoms with Crippen molar-refractivity contribution in [3.63, 3.8) is 0 Å². The first-order chi connectivity index (χ1) is 12.5. The lowest BCUT2D eigenvalue weighted by Crippen LogP contribution is -2.31. The third-order valence-corrected chi connectivity index (χ3v) is 6.46. The molecule has 0 amide bonds. The summed E-state index contributed by atoms with van der Waals surface area (Å²) in [6.07, 6.45) is 0. The van der Waals surface area contributed by atoms with Crippen molar-refractivity contribution in [3.05, 3.63) is 65.7 Å². The zero-order valence-electron chi connectivity index (χ0n) is 14.5. The zero-order chi connectivity index (χ0) is 18.1. The largest absolute Gasteiger partial charge is 0.492 e. The van der Waals surface area contributed by atoms with Crippen LogP contribution in [-0.2, 0) is 5.41 Å². The quantitative estimate of drug-likeness (QED) is 0.505. The van der Waals surface area contributed by atoms with E-state index in [0.717, 1.165) is 21.1 Å². The first kappa shape index (κ1) is 16.0. The number of ether oxygens (including phenoxy) is 1. The van der Waals surface area contributed by atoms with Gasteiger partial charge in [-0.2, -0.15) is 0 Å². The predicted octanol–water partition coefficient (Wildman–Crippen LogP) is 3.93. The average molecular weight is 360 g/mol. The molecule has 3 aromatic carbocycles. The molecule has 0 aromatic heterocycles. The van der Waals surface area contributed by atoms with Gasteiger partial charge in [-0.15, -0.1) is 0 Å².